The normalized spacial score (nSPS) is 20.9. The predicted molar refractivity (Wildman–Crippen MR) is 142 cm³/mol. The van der Waals surface area contributed by atoms with Gasteiger partial charge >= 0.3 is 0 Å². The Hall–Kier alpha value is -2.95. The molecule has 0 spiro atoms. The van der Waals surface area contributed by atoms with Crippen LogP contribution in [-0.4, -0.2) is 51.1 Å². The van der Waals surface area contributed by atoms with Gasteiger partial charge in [0.15, 0.2) is 10.3 Å². The van der Waals surface area contributed by atoms with Crippen LogP contribution in [0, 0.1) is 5.92 Å². The molecule has 0 radical (unpaired) electrons. The van der Waals surface area contributed by atoms with Gasteiger partial charge in [-0.05, 0) is 80.9 Å². The Bertz CT molecular complexity index is 1350. The first kappa shape index (κ1) is 22.5. The fraction of sp³-hybridized carbons (Fsp3) is 0.360. The van der Waals surface area contributed by atoms with Gasteiger partial charge < -0.3 is 20.1 Å². The molecule has 2 aromatic heterocycles. The maximum atomic E-state index is 12.5. The van der Waals surface area contributed by atoms with E-state index in [-0.39, 0.29) is 17.7 Å². The van der Waals surface area contributed by atoms with Crippen molar-refractivity contribution in [2.45, 2.75) is 32.2 Å². The Balaban J connectivity index is 1.12. The van der Waals surface area contributed by atoms with Crippen molar-refractivity contribution >= 4 is 67.9 Å². The second kappa shape index (κ2) is 9.60. The molecule has 2 amide bonds. The molecule has 6 rings (SSSR count). The van der Waals surface area contributed by atoms with Crippen LogP contribution in [0.15, 0.2) is 46.6 Å². The third-order valence-electron chi connectivity index (χ3n) is 6.47. The zero-order valence-electron chi connectivity index (χ0n) is 19.2. The van der Waals surface area contributed by atoms with Crippen LogP contribution in [0.3, 0.4) is 0 Å². The van der Waals surface area contributed by atoms with Crippen molar-refractivity contribution in [3.63, 3.8) is 0 Å². The Labute approximate surface area is 211 Å². The first-order chi connectivity index (χ1) is 17.1. The van der Waals surface area contributed by atoms with Gasteiger partial charge in [-0.3, -0.25) is 9.59 Å². The lowest BCUT2D eigenvalue weighted by Gasteiger charge is -2.15. The summed E-state index contributed by atoms with van der Waals surface area (Å²) in [5.74, 6) is -0.0249. The SMILES string of the molecule is O=C1NC(=Nc2ccc3c(ccn3CCN3CCCC3)c2)SC1=Cc1cnc(NC(=O)C2CC2)s1. The predicted octanol–water partition coefficient (Wildman–Crippen LogP) is 4.43. The van der Waals surface area contributed by atoms with E-state index in [4.69, 9.17) is 0 Å². The molecule has 0 atom stereocenters. The van der Waals surface area contributed by atoms with E-state index in [1.165, 1.54) is 54.5 Å². The van der Waals surface area contributed by atoms with Crippen molar-refractivity contribution in [3.05, 3.63) is 46.4 Å². The third-order valence-corrected chi connectivity index (χ3v) is 8.24. The standard InChI is InChI=1S/C25H26N6O2S2/c32-22(16-3-4-16)28-24-26-15-19(34-24)14-21-23(33)29-25(35-21)27-18-5-6-20-17(13-18)7-10-31(20)12-11-30-8-1-2-9-30/h5-7,10,13-16H,1-4,8-9,11-12H2,(H,26,28,32)(H,27,29,33). The number of thioether (sulfide) groups is 1. The van der Waals surface area contributed by atoms with Crippen LogP contribution in [-0.2, 0) is 16.1 Å². The number of carbonyl (C=O) groups is 2. The van der Waals surface area contributed by atoms with Crippen molar-refractivity contribution in [1.82, 2.24) is 19.8 Å². The monoisotopic (exact) mass is 506 g/mol. The van der Waals surface area contributed by atoms with Crippen molar-refractivity contribution in [1.29, 1.82) is 0 Å². The molecule has 3 aliphatic rings. The van der Waals surface area contributed by atoms with E-state index in [1.54, 1.807) is 12.3 Å². The highest BCUT2D eigenvalue weighted by atomic mass is 32.2. The molecule has 8 nitrogen and oxygen atoms in total. The Morgan fingerprint density at radius 3 is 2.91 bits per heavy atom. The number of thiazole rings is 1. The number of aromatic nitrogens is 2. The molecule has 0 bridgehead atoms. The average Bonchev–Trinajstić information content (AvgIpc) is 3.16. The van der Waals surface area contributed by atoms with Crippen LogP contribution >= 0.6 is 23.1 Å². The lowest BCUT2D eigenvalue weighted by molar-refractivity contribution is -0.117. The molecular weight excluding hydrogens is 480 g/mol. The van der Waals surface area contributed by atoms with Gasteiger partial charge in [0.2, 0.25) is 5.91 Å². The van der Waals surface area contributed by atoms with Gasteiger partial charge in [0, 0.05) is 42.3 Å². The van der Waals surface area contributed by atoms with E-state index in [0.29, 0.717) is 15.2 Å². The number of benzene rings is 1. The topological polar surface area (TPSA) is 91.6 Å². The summed E-state index contributed by atoms with van der Waals surface area (Å²) >= 11 is 2.67. The number of anilines is 1. The van der Waals surface area contributed by atoms with E-state index in [0.717, 1.165) is 41.9 Å². The highest BCUT2D eigenvalue weighted by Crippen LogP contribution is 2.33. The minimum Gasteiger partial charge on any atom is -0.346 e. The molecule has 2 aliphatic heterocycles. The van der Waals surface area contributed by atoms with Gasteiger partial charge in [-0.1, -0.05) is 11.3 Å². The maximum absolute atomic E-state index is 12.5. The second-order valence-corrected chi connectivity index (χ2v) is 11.2. The number of amidine groups is 1. The Morgan fingerprint density at radius 2 is 2.09 bits per heavy atom. The number of nitrogens with one attached hydrogen (secondary N) is 2. The zero-order chi connectivity index (χ0) is 23.8. The lowest BCUT2D eigenvalue weighted by Crippen LogP contribution is -2.23. The molecular formula is C25H26N6O2S2. The third kappa shape index (κ3) is 5.19. The number of likely N-dealkylation sites (tertiary alicyclic amines) is 1. The summed E-state index contributed by atoms with van der Waals surface area (Å²) in [4.78, 5) is 37.2. The summed E-state index contributed by atoms with van der Waals surface area (Å²) in [5.41, 5.74) is 2.01. The molecule has 0 unspecified atom stereocenters. The average molecular weight is 507 g/mol. The molecule has 3 aromatic rings. The Morgan fingerprint density at radius 1 is 1.23 bits per heavy atom. The quantitative estimate of drug-likeness (QED) is 0.463. The van der Waals surface area contributed by atoms with E-state index in [1.807, 2.05) is 6.07 Å². The van der Waals surface area contributed by atoms with Crippen molar-refractivity contribution in [2.24, 2.45) is 10.9 Å². The minimum atomic E-state index is -0.181. The van der Waals surface area contributed by atoms with E-state index in [9.17, 15) is 9.59 Å². The van der Waals surface area contributed by atoms with Crippen molar-refractivity contribution in [3.8, 4) is 0 Å². The molecule has 2 saturated heterocycles. The van der Waals surface area contributed by atoms with Crippen LogP contribution < -0.4 is 10.6 Å². The largest absolute Gasteiger partial charge is 0.346 e. The van der Waals surface area contributed by atoms with Crippen LogP contribution in [0.4, 0.5) is 10.8 Å². The summed E-state index contributed by atoms with van der Waals surface area (Å²) in [7, 11) is 0. The number of hydrogen-bond acceptors (Lipinski definition) is 7. The zero-order valence-corrected chi connectivity index (χ0v) is 20.8. The smallest absolute Gasteiger partial charge is 0.264 e. The van der Waals surface area contributed by atoms with Crippen LogP contribution in [0.2, 0.25) is 0 Å². The van der Waals surface area contributed by atoms with Crippen LogP contribution in [0.1, 0.15) is 30.6 Å². The summed E-state index contributed by atoms with van der Waals surface area (Å²) in [5, 5.41) is 7.95. The molecule has 4 heterocycles. The minimum absolute atomic E-state index is 0.0276. The number of aliphatic imine (C=N–C) groups is 1. The van der Waals surface area contributed by atoms with E-state index < -0.39 is 0 Å². The van der Waals surface area contributed by atoms with Gasteiger partial charge in [-0.25, -0.2) is 9.98 Å². The first-order valence-electron chi connectivity index (χ1n) is 12.0. The summed E-state index contributed by atoms with van der Waals surface area (Å²) < 4.78 is 2.30. The van der Waals surface area contributed by atoms with Crippen molar-refractivity contribution in [2.75, 3.05) is 25.0 Å². The van der Waals surface area contributed by atoms with Gasteiger partial charge in [0.1, 0.15) is 0 Å². The molecule has 1 aliphatic carbocycles. The summed E-state index contributed by atoms with van der Waals surface area (Å²) in [6.45, 7) is 4.49. The highest BCUT2D eigenvalue weighted by Gasteiger charge is 2.30. The van der Waals surface area contributed by atoms with E-state index >= 15 is 0 Å². The number of hydrogen-bond donors (Lipinski definition) is 2. The number of fused-ring (bicyclic) bond motifs is 1. The molecule has 2 N–H and O–H groups in total. The van der Waals surface area contributed by atoms with Crippen molar-refractivity contribution < 1.29 is 9.59 Å². The second-order valence-electron chi connectivity index (χ2n) is 9.11. The van der Waals surface area contributed by atoms with Gasteiger partial charge in [0.25, 0.3) is 5.91 Å². The van der Waals surface area contributed by atoms with Crippen LogP contribution in [0.5, 0.6) is 0 Å². The van der Waals surface area contributed by atoms with Gasteiger partial charge in [-0.15, -0.1) is 0 Å². The molecule has 1 saturated carbocycles. The Kier molecular flexibility index (Phi) is 6.17. The molecule has 180 valence electrons. The highest BCUT2D eigenvalue weighted by molar-refractivity contribution is 8.18. The fourth-order valence-electron chi connectivity index (χ4n) is 4.40. The molecule has 10 heteroatoms. The number of amides is 2. The van der Waals surface area contributed by atoms with Gasteiger partial charge in [-0.2, -0.15) is 0 Å². The fourth-order valence-corrected chi connectivity index (χ4v) is 6.07. The first-order valence-corrected chi connectivity index (χ1v) is 13.6. The number of nitrogens with zero attached hydrogens (tertiary/aromatic N) is 4. The van der Waals surface area contributed by atoms with Gasteiger partial charge in [0.05, 0.1) is 15.5 Å². The van der Waals surface area contributed by atoms with Crippen LogP contribution in [0.25, 0.3) is 17.0 Å². The van der Waals surface area contributed by atoms with E-state index in [2.05, 4.69) is 54.5 Å². The molecule has 3 fully saturated rings. The summed E-state index contributed by atoms with van der Waals surface area (Å²) in [6.07, 6.45) is 10.1. The maximum Gasteiger partial charge on any atom is 0.264 e. The molecule has 1 aromatic carbocycles. The lowest BCUT2D eigenvalue weighted by atomic mass is 10.2. The molecule has 35 heavy (non-hydrogen) atoms. The number of carbonyl (C=O) groups excluding carboxylic acids is 2. The number of rotatable bonds is 7. The summed E-state index contributed by atoms with van der Waals surface area (Å²) in [6, 6.07) is 8.28.